The second-order valence-corrected chi connectivity index (χ2v) is 9.67. The zero-order valence-electron chi connectivity index (χ0n) is 9.49. The van der Waals surface area contributed by atoms with E-state index < -0.39 is 40.1 Å². The van der Waals surface area contributed by atoms with Crippen LogP contribution in [-0.4, -0.2) is 30.3 Å². The van der Waals surface area contributed by atoms with E-state index in [9.17, 15) is 25.3 Å². The molecule has 4 N–H and O–H groups in total. The first kappa shape index (κ1) is 15.3. The van der Waals surface area contributed by atoms with E-state index in [0.29, 0.717) is 0 Å². The molecule has 0 atom stereocenters. The van der Waals surface area contributed by atoms with Crippen LogP contribution in [0, 0.1) is 0 Å². The van der Waals surface area contributed by atoms with E-state index >= 15 is 0 Å². The minimum Gasteiger partial charge on any atom is -0.280 e. The normalized spacial score (nSPS) is 20.1. The summed E-state index contributed by atoms with van der Waals surface area (Å²) in [4.78, 5) is -0.526. The van der Waals surface area contributed by atoms with Crippen LogP contribution in [-0.2, 0) is 30.1 Å². The summed E-state index contributed by atoms with van der Waals surface area (Å²) in [5.41, 5.74) is -0.469. The first-order chi connectivity index (χ1) is 8.90. The maximum Gasteiger partial charge on any atom is 0.249 e. The molecular formula is C7H8ClN3O6S3. The summed E-state index contributed by atoms with van der Waals surface area (Å²) in [5.74, 6) is 0. The third kappa shape index (κ3) is 3.15. The Morgan fingerprint density at radius 2 is 1.50 bits per heavy atom. The average molecular weight is 362 g/mol. The van der Waals surface area contributed by atoms with E-state index in [-0.39, 0.29) is 16.4 Å². The molecule has 2 rings (SSSR count). The van der Waals surface area contributed by atoms with Crippen molar-refractivity contribution in [1.29, 1.82) is 0 Å². The van der Waals surface area contributed by atoms with Gasteiger partial charge in [-0.15, -0.1) is 0 Å². The predicted molar refractivity (Wildman–Crippen MR) is 72.8 cm³/mol. The molecule has 0 saturated carbocycles. The molecule has 0 saturated heterocycles. The Morgan fingerprint density at radius 3 is 1.95 bits per heavy atom. The highest BCUT2D eigenvalue weighted by atomic mass is 35.5. The highest BCUT2D eigenvalue weighted by molar-refractivity contribution is 8.09. The van der Waals surface area contributed by atoms with Gasteiger partial charge in [0.25, 0.3) is 0 Å². The third-order valence-electron chi connectivity index (χ3n) is 2.22. The minimum atomic E-state index is -4.19. The second-order valence-electron chi connectivity index (χ2n) is 3.92. The summed E-state index contributed by atoms with van der Waals surface area (Å²) in [7, 11) is -12.5. The van der Waals surface area contributed by atoms with Crippen LogP contribution in [0.15, 0.2) is 17.0 Å². The Balaban J connectivity index is 2.76. The van der Waals surface area contributed by atoms with Gasteiger partial charge < -0.3 is 0 Å². The molecule has 20 heavy (non-hydrogen) atoms. The van der Waals surface area contributed by atoms with E-state index in [0.717, 1.165) is 12.1 Å². The van der Waals surface area contributed by atoms with Crippen molar-refractivity contribution < 1.29 is 25.3 Å². The van der Waals surface area contributed by atoms with Gasteiger partial charge in [-0.1, -0.05) is 11.6 Å². The van der Waals surface area contributed by atoms with Crippen LogP contribution in [0.5, 0.6) is 0 Å². The quantitative estimate of drug-likeness (QED) is 0.609. The van der Waals surface area contributed by atoms with Crippen molar-refractivity contribution in [3.05, 3.63) is 17.2 Å². The molecule has 0 aliphatic carbocycles. The van der Waals surface area contributed by atoms with Crippen molar-refractivity contribution in [2.24, 2.45) is 5.14 Å². The molecule has 0 spiro atoms. The van der Waals surface area contributed by atoms with Crippen LogP contribution in [0.3, 0.4) is 0 Å². The van der Waals surface area contributed by atoms with Gasteiger partial charge in [0.15, 0.2) is 5.08 Å². The van der Waals surface area contributed by atoms with Gasteiger partial charge in [-0.2, -0.15) is 0 Å². The van der Waals surface area contributed by atoms with Crippen molar-refractivity contribution in [1.82, 2.24) is 0 Å². The number of halogens is 1. The van der Waals surface area contributed by atoms with E-state index in [1.165, 1.54) is 0 Å². The smallest absolute Gasteiger partial charge is 0.249 e. The Kier molecular flexibility index (Phi) is 3.41. The van der Waals surface area contributed by atoms with Gasteiger partial charge in [0.1, 0.15) is 4.90 Å². The fraction of sp³-hybridized carbons (Fsp3) is 0.143. The first-order valence-electron chi connectivity index (χ1n) is 4.77. The van der Waals surface area contributed by atoms with Gasteiger partial charge in [0.05, 0.1) is 16.4 Å². The average Bonchev–Trinajstić information content (AvgIpc) is 2.25. The van der Waals surface area contributed by atoms with Gasteiger partial charge in [-0.05, 0) is 12.1 Å². The summed E-state index contributed by atoms with van der Waals surface area (Å²) >= 11 is 5.69. The summed E-state index contributed by atoms with van der Waals surface area (Å²) in [6, 6.07) is 1.81. The number of rotatable bonds is 1. The van der Waals surface area contributed by atoms with Crippen LogP contribution in [0.25, 0.3) is 0 Å². The Labute approximate surface area is 120 Å². The largest absolute Gasteiger partial charge is 0.280 e. The topological polar surface area (TPSA) is 152 Å². The highest BCUT2D eigenvalue weighted by Gasteiger charge is 2.29. The molecule has 1 aliphatic rings. The number of sulfonamides is 3. The molecule has 1 aromatic carbocycles. The Bertz CT molecular complexity index is 890. The Morgan fingerprint density at radius 1 is 1.05 bits per heavy atom. The van der Waals surface area contributed by atoms with Gasteiger partial charge >= 0.3 is 0 Å². The summed E-state index contributed by atoms with van der Waals surface area (Å²) in [6.07, 6.45) is 0. The zero-order chi connectivity index (χ0) is 15.3. The number of hydrogen-bond acceptors (Lipinski definition) is 6. The summed E-state index contributed by atoms with van der Waals surface area (Å²) in [6.45, 7) is 0. The lowest BCUT2D eigenvalue weighted by Gasteiger charge is -2.10. The molecule has 0 fully saturated rings. The van der Waals surface area contributed by atoms with Crippen molar-refractivity contribution in [2.45, 2.75) is 4.90 Å². The minimum absolute atomic E-state index is 0.191. The van der Waals surface area contributed by atoms with Crippen LogP contribution in [0.4, 0.5) is 11.4 Å². The first-order valence-corrected chi connectivity index (χ1v) is 10.00. The molecule has 13 heteroatoms. The summed E-state index contributed by atoms with van der Waals surface area (Å²) < 4.78 is 72.7. The molecular weight excluding hydrogens is 354 g/mol. The van der Waals surface area contributed by atoms with Crippen molar-refractivity contribution in [3.8, 4) is 0 Å². The molecule has 0 bridgehead atoms. The maximum atomic E-state index is 11.6. The molecule has 9 nitrogen and oxygen atoms in total. The molecule has 0 aromatic heterocycles. The van der Waals surface area contributed by atoms with Gasteiger partial charge in [-0.25, -0.2) is 30.4 Å². The van der Waals surface area contributed by atoms with Gasteiger partial charge in [-0.3, -0.25) is 9.44 Å². The zero-order valence-corrected chi connectivity index (χ0v) is 12.7. The van der Waals surface area contributed by atoms with E-state index in [2.05, 4.69) is 0 Å². The van der Waals surface area contributed by atoms with Crippen LogP contribution < -0.4 is 14.6 Å². The number of nitrogens with one attached hydrogen (secondary N) is 2. The lowest BCUT2D eigenvalue weighted by molar-refractivity contribution is 0.593. The number of primary sulfonamides is 1. The number of benzene rings is 1. The second kappa shape index (κ2) is 4.46. The monoisotopic (exact) mass is 361 g/mol. The van der Waals surface area contributed by atoms with E-state index in [1.54, 1.807) is 0 Å². The predicted octanol–water partition coefficient (Wildman–Crippen LogP) is -0.558. The van der Waals surface area contributed by atoms with Crippen LogP contribution >= 0.6 is 11.6 Å². The summed E-state index contributed by atoms with van der Waals surface area (Å²) in [5, 5.41) is 3.39. The molecule has 1 aliphatic heterocycles. The fourth-order valence-corrected chi connectivity index (χ4v) is 5.75. The molecule has 112 valence electrons. The molecule has 0 unspecified atom stereocenters. The van der Waals surface area contributed by atoms with E-state index in [4.69, 9.17) is 16.7 Å². The number of hydrogen-bond donors (Lipinski definition) is 3. The lowest BCUT2D eigenvalue weighted by Crippen LogP contribution is -2.23. The van der Waals surface area contributed by atoms with Crippen LogP contribution in [0.1, 0.15) is 0 Å². The van der Waals surface area contributed by atoms with Crippen molar-refractivity contribution in [3.63, 3.8) is 0 Å². The molecule has 0 amide bonds. The fourth-order valence-electron chi connectivity index (χ4n) is 1.54. The number of nitrogens with two attached hydrogens (primary N) is 1. The lowest BCUT2D eigenvalue weighted by atomic mass is 10.3. The maximum absolute atomic E-state index is 11.6. The molecule has 1 heterocycles. The Hall–Kier alpha value is -1.08. The number of fused-ring (bicyclic) bond motifs is 1. The highest BCUT2D eigenvalue weighted by Crippen LogP contribution is 2.34. The molecule has 0 radical (unpaired) electrons. The van der Waals surface area contributed by atoms with E-state index in [1.807, 2.05) is 9.44 Å². The van der Waals surface area contributed by atoms with Crippen molar-refractivity contribution >= 4 is 53.0 Å². The van der Waals surface area contributed by atoms with Crippen LogP contribution in [0.2, 0.25) is 5.02 Å². The third-order valence-corrected chi connectivity index (χ3v) is 7.14. The SMILES string of the molecule is NS(=O)(=O)c1cc2c(cc1Cl)NS(=O)(=O)CS(=O)(=O)N2. The standard InChI is InChI=1S/C7H8ClN3O6S3/c8-4-1-5-6(2-7(4)20(9,16)17)11-19(14,15)3-18(12,13)10-5/h1-2,10-11H,3H2,(H2,9,16,17). The number of anilines is 2. The van der Waals surface area contributed by atoms with Crippen molar-refractivity contribution in [2.75, 3.05) is 14.5 Å². The van der Waals surface area contributed by atoms with Gasteiger partial charge in [0.2, 0.25) is 30.1 Å². The van der Waals surface area contributed by atoms with Gasteiger partial charge in [0, 0.05) is 0 Å². The molecule has 1 aromatic rings.